The van der Waals surface area contributed by atoms with Gasteiger partial charge in [-0.05, 0) is 48.4 Å². The number of hydrogen-bond acceptors (Lipinski definition) is 7. The number of nitrogens with zero attached hydrogens (tertiary/aromatic N) is 2. The predicted octanol–water partition coefficient (Wildman–Crippen LogP) is 5.99. The largest absolute Gasteiger partial charge is 0.493 e. The van der Waals surface area contributed by atoms with E-state index in [1.54, 1.807) is 60.4 Å². The Morgan fingerprint density at radius 2 is 1.94 bits per heavy atom. The molecule has 0 N–H and O–H groups in total. The Kier molecular flexibility index (Phi) is 6.80. The van der Waals surface area contributed by atoms with Crippen LogP contribution in [0.25, 0.3) is 10.2 Å². The molecule has 0 unspecified atom stereocenters. The summed E-state index contributed by atoms with van der Waals surface area (Å²) in [6.07, 6.45) is 2.79. The van der Waals surface area contributed by atoms with Gasteiger partial charge >= 0.3 is 0 Å². The molecule has 5 nitrogen and oxygen atoms in total. The van der Waals surface area contributed by atoms with Gasteiger partial charge < -0.3 is 9.47 Å². The van der Waals surface area contributed by atoms with Gasteiger partial charge in [-0.1, -0.05) is 29.5 Å². The van der Waals surface area contributed by atoms with Crippen LogP contribution in [0, 0.1) is 0 Å². The molecule has 4 rings (SSSR count). The van der Waals surface area contributed by atoms with Gasteiger partial charge in [0.1, 0.15) is 0 Å². The summed E-state index contributed by atoms with van der Waals surface area (Å²) in [7, 11) is 3.12. The maximum absolute atomic E-state index is 13.7. The molecular weight excluding hydrogens is 448 g/mol. The number of rotatable bonds is 8. The van der Waals surface area contributed by atoms with Crippen molar-refractivity contribution in [2.24, 2.45) is 0 Å². The highest BCUT2D eigenvalue weighted by atomic mass is 32.2. The predicted molar refractivity (Wildman–Crippen MR) is 131 cm³/mol. The lowest BCUT2D eigenvalue weighted by molar-refractivity contribution is 0.0983. The van der Waals surface area contributed by atoms with E-state index < -0.39 is 0 Å². The van der Waals surface area contributed by atoms with Crippen LogP contribution in [0.15, 0.2) is 58.8 Å². The van der Waals surface area contributed by atoms with Crippen LogP contribution >= 0.6 is 34.4 Å². The summed E-state index contributed by atoms with van der Waals surface area (Å²) in [6.45, 7) is 0.522. The van der Waals surface area contributed by atoms with E-state index in [9.17, 15) is 4.79 Å². The monoisotopic (exact) mass is 470 g/mol. The number of fused-ring (bicyclic) bond motifs is 1. The third-order valence-electron chi connectivity index (χ3n) is 4.86. The van der Waals surface area contributed by atoms with Crippen LogP contribution in [0.5, 0.6) is 11.5 Å². The minimum absolute atomic E-state index is 0.155. The molecule has 0 aliphatic rings. The number of methoxy groups -OCH3 is 2. The van der Waals surface area contributed by atoms with E-state index in [4.69, 9.17) is 14.5 Å². The number of anilines is 1. The van der Waals surface area contributed by atoms with E-state index in [1.807, 2.05) is 24.5 Å². The molecule has 2 heterocycles. The molecule has 0 atom stereocenters. The van der Waals surface area contributed by atoms with Crippen molar-refractivity contribution in [3.05, 3.63) is 64.4 Å². The quantitative estimate of drug-likeness (QED) is 0.296. The standard InChI is InChI=1S/C23H22N2O3S3/c1-27-17-9-4-8-16(21(17)28-2)22(26)25(13-12-15-7-6-14-30-15)23-24-20-18(29-3)10-5-11-19(20)31-23/h4-11,14H,12-13H2,1-3H3. The number of para-hydroxylation sites is 2. The number of thiazole rings is 1. The van der Waals surface area contributed by atoms with Crippen molar-refractivity contribution in [3.8, 4) is 11.5 Å². The molecule has 0 fully saturated rings. The number of ether oxygens (including phenoxy) is 2. The number of aromatic nitrogens is 1. The van der Waals surface area contributed by atoms with Crippen molar-refractivity contribution in [1.82, 2.24) is 4.98 Å². The van der Waals surface area contributed by atoms with Crippen LogP contribution in [0.2, 0.25) is 0 Å². The lowest BCUT2D eigenvalue weighted by atomic mass is 10.1. The molecule has 2 aromatic carbocycles. The van der Waals surface area contributed by atoms with Crippen LogP contribution in [0.3, 0.4) is 0 Å². The normalized spacial score (nSPS) is 10.9. The van der Waals surface area contributed by atoms with Gasteiger partial charge in [-0.25, -0.2) is 4.98 Å². The Morgan fingerprint density at radius 3 is 2.65 bits per heavy atom. The molecule has 0 saturated carbocycles. The molecule has 0 aliphatic heterocycles. The average Bonchev–Trinajstić information content (AvgIpc) is 3.48. The topological polar surface area (TPSA) is 51.7 Å². The van der Waals surface area contributed by atoms with Crippen molar-refractivity contribution in [3.63, 3.8) is 0 Å². The summed E-state index contributed by atoms with van der Waals surface area (Å²) in [5, 5.41) is 2.73. The van der Waals surface area contributed by atoms with Gasteiger partial charge in [0, 0.05) is 16.3 Å². The van der Waals surface area contributed by atoms with Crippen LogP contribution in [0.4, 0.5) is 5.13 Å². The second-order valence-electron chi connectivity index (χ2n) is 6.63. The first-order valence-corrected chi connectivity index (χ1v) is 12.6. The summed E-state index contributed by atoms with van der Waals surface area (Å²) in [6, 6.07) is 15.6. The first-order valence-electron chi connectivity index (χ1n) is 9.65. The van der Waals surface area contributed by atoms with Gasteiger partial charge in [-0.3, -0.25) is 9.69 Å². The van der Waals surface area contributed by atoms with E-state index in [0.717, 1.165) is 21.5 Å². The third kappa shape index (κ3) is 4.42. The van der Waals surface area contributed by atoms with E-state index >= 15 is 0 Å². The molecule has 2 aromatic heterocycles. The number of carbonyl (C=O) groups excluding carboxylic acids is 1. The molecule has 0 spiro atoms. The highest BCUT2D eigenvalue weighted by Crippen LogP contribution is 2.37. The van der Waals surface area contributed by atoms with Gasteiger partial charge in [-0.2, -0.15) is 0 Å². The molecule has 4 aromatic rings. The molecule has 0 saturated heterocycles. The molecule has 0 bridgehead atoms. The van der Waals surface area contributed by atoms with E-state index in [1.165, 1.54) is 16.2 Å². The smallest absolute Gasteiger partial charge is 0.263 e. The van der Waals surface area contributed by atoms with Gasteiger partial charge in [0.15, 0.2) is 16.6 Å². The van der Waals surface area contributed by atoms with Crippen LogP contribution in [-0.2, 0) is 6.42 Å². The molecule has 31 heavy (non-hydrogen) atoms. The zero-order valence-corrected chi connectivity index (χ0v) is 19.9. The zero-order chi connectivity index (χ0) is 21.8. The molecule has 8 heteroatoms. The number of benzene rings is 2. The first-order chi connectivity index (χ1) is 15.2. The second kappa shape index (κ2) is 9.72. The summed E-state index contributed by atoms with van der Waals surface area (Å²) in [4.78, 5) is 22.7. The lowest BCUT2D eigenvalue weighted by Crippen LogP contribution is -2.33. The highest BCUT2D eigenvalue weighted by Gasteiger charge is 2.26. The number of carbonyl (C=O) groups is 1. The van der Waals surface area contributed by atoms with Gasteiger partial charge in [-0.15, -0.1) is 23.1 Å². The Bertz CT molecular complexity index is 1190. The highest BCUT2D eigenvalue weighted by molar-refractivity contribution is 7.98. The van der Waals surface area contributed by atoms with E-state index in [0.29, 0.717) is 28.7 Å². The lowest BCUT2D eigenvalue weighted by Gasteiger charge is -2.21. The minimum atomic E-state index is -0.155. The SMILES string of the molecule is COc1cccc(C(=O)N(CCc2cccs2)c2nc3c(SC)cccc3s2)c1OC. The Morgan fingerprint density at radius 1 is 1.10 bits per heavy atom. The number of hydrogen-bond donors (Lipinski definition) is 0. The van der Waals surface area contributed by atoms with Gasteiger partial charge in [0.2, 0.25) is 0 Å². The fourth-order valence-corrected chi connectivity index (χ4v) is 5.70. The number of thioether (sulfide) groups is 1. The summed E-state index contributed by atoms with van der Waals surface area (Å²) < 4.78 is 12.0. The summed E-state index contributed by atoms with van der Waals surface area (Å²) >= 11 is 4.88. The van der Waals surface area contributed by atoms with E-state index in [-0.39, 0.29) is 5.91 Å². The van der Waals surface area contributed by atoms with Crippen LogP contribution in [-0.4, -0.2) is 37.9 Å². The molecule has 1 amide bonds. The van der Waals surface area contributed by atoms with Crippen molar-refractivity contribution in [2.45, 2.75) is 11.3 Å². The first kappa shape index (κ1) is 21.7. The fourth-order valence-electron chi connectivity index (χ4n) is 3.35. The van der Waals surface area contributed by atoms with Crippen LogP contribution < -0.4 is 14.4 Å². The van der Waals surface area contributed by atoms with Gasteiger partial charge in [0.25, 0.3) is 5.91 Å². The van der Waals surface area contributed by atoms with Gasteiger partial charge in [0.05, 0.1) is 30.0 Å². The molecule has 160 valence electrons. The molecule has 0 radical (unpaired) electrons. The third-order valence-corrected chi connectivity index (χ3v) is 7.61. The number of amides is 1. The average molecular weight is 471 g/mol. The Labute approximate surface area is 193 Å². The zero-order valence-electron chi connectivity index (χ0n) is 17.5. The van der Waals surface area contributed by atoms with Crippen molar-refractivity contribution < 1.29 is 14.3 Å². The van der Waals surface area contributed by atoms with Crippen molar-refractivity contribution in [2.75, 3.05) is 31.9 Å². The molecule has 0 aliphatic carbocycles. The summed E-state index contributed by atoms with van der Waals surface area (Å²) in [5.74, 6) is 0.805. The fraction of sp³-hybridized carbons (Fsp3) is 0.217. The maximum atomic E-state index is 13.7. The second-order valence-corrected chi connectivity index (χ2v) is 9.52. The number of thiophene rings is 1. The van der Waals surface area contributed by atoms with Crippen molar-refractivity contribution >= 4 is 55.7 Å². The minimum Gasteiger partial charge on any atom is -0.493 e. The van der Waals surface area contributed by atoms with E-state index in [2.05, 4.69) is 17.5 Å². The maximum Gasteiger partial charge on any atom is 0.263 e. The Balaban J connectivity index is 1.77. The van der Waals surface area contributed by atoms with Crippen molar-refractivity contribution in [1.29, 1.82) is 0 Å². The molecular formula is C23H22N2O3S3. The Hall–Kier alpha value is -2.55. The summed E-state index contributed by atoms with van der Waals surface area (Å²) in [5.41, 5.74) is 1.39. The van der Waals surface area contributed by atoms with Crippen LogP contribution in [0.1, 0.15) is 15.2 Å².